The van der Waals surface area contributed by atoms with E-state index in [9.17, 15) is 4.79 Å². The third-order valence-corrected chi connectivity index (χ3v) is 2.57. The first kappa shape index (κ1) is 14.1. The molecule has 0 saturated carbocycles. The Morgan fingerprint density at radius 1 is 1.06 bits per heavy atom. The fourth-order valence-corrected chi connectivity index (χ4v) is 1.65. The van der Waals surface area contributed by atoms with Crippen LogP contribution in [-0.2, 0) is 4.74 Å². The van der Waals surface area contributed by atoms with E-state index in [2.05, 4.69) is 4.74 Å². The Balaban J connectivity index is 0.00000162. The summed E-state index contributed by atoms with van der Waals surface area (Å²) in [5.41, 5.74) is 8.55. The molecule has 2 N–H and O–H groups in total. The highest BCUT2D eigenvalue weighted by Gasteiger charge is 2.11. The van der Waals surface area contributed by atoms with Gasteiger partial charge in [0.25, 0.3) is 0 Å². The second-order valence-electron chi connectivity index (χ2n) is 3.66. The van der Waals surface area contributed by atoms with Crippen LogP contribution in [0.1, 0.15) is 10.4 Å². The molecule has 0 atom stereocenters. The maximum Gasteiger partial charge on any atom is 0.339 e. The summed E-state index contributed by atoms with van der Waals surface area (Å²) in [6.07, 6.45) is 0. The van der Waals surface area contributed by atoms with Gasteiger partial charge in [-0.15, -0.1) is 12.4 Å². The van der Waals surface area contributed by atoms with Crippen molar-refractivity contribution in [3.8, 4) is 11.1 Å². The van der Waals surface area contributed by atoms with Crippen molar-refractivity contribution >= 4 is 24.1 Å². The van der Waals surface area contributed by atoms with Gasteiger partial charge in [-0.25, -0.2) is 4.79 Å². The maximum absolute atomic E-state index is 11.5. The Labute approximate surface area is 112 Å². The number of methoxy groups -OCH3 is 1. The molecule has 0 heterocycles. The standard InChI is InChI=1S/C14H13NO2.ClH/c1-17-14(16)12-9-11(7-8-13(12)15)10-5-3-2-4-6-10;/h2-9H,15H2,1H3;1H. The predicted octanol–water partition coefficient (Wildman–Crippen LogP) is 3.14. The van der Waals surface area contributed by atoms with Crippen LogP contribution in [0.3, 0.4) is 0 Å². The minimum Gasteiger partial charge on any atom is -0.465 e. The van der Waals surface area contributed by atoms with Crippen molar-refractivity contribution < 1.29 is 9.53 Å². The van der Waals surface area contributed by atoms with E-state index in [1.54, 1.807) is 12.1 Å². The van der Waals surface area contributed by atoms with Crippen molar-refractivity contribution in [2.24, 2.45) is 0 Å². The summed E-state index contributed by atoms with van der Waals surface area (Å²) in [4.78, 5) is 11.5. The largest absolute Gasteiger partial charge is 0.465 e. The van der Waals surface area contributed by atoms with Gasteiger partial charge >= 0.3 is 5.97 Å². The zero-order valence-electron chi connectivity index (χ0n) is 9.92. The third kappa shape index (κ3) is 2.81. The molecular weight excluding hydrogens is 250 g/mol. The Hall–Kier alpha value is -2.00. The summed E-state index contributed by atoms with van der Waals surface area (Å²) in [5.74, 6) is -0.416. The van der Waals surface area contributed by atoms with E-state index in [0.717, 1.165) is 11.1 Å². The van der Waals surface area contributed by atoms with Crippen molar-refractivity contribution in [3.63, 3.8) is 0 Å². The van der Waals surface area contributed by atoms with Crippen LogP contribution in [-0.4, -0.2) is 13.1 Å². The number of benzene rings is 2. The molecule has 0 unspecified atom stereocenters. The monoisotopic (exact) mass is 263 g/mol. The van der Waals surface area contributed by atoms with Gasteiger partial charge in [0.05, 0.1) is 12.7 Å². The van der Waals surface area contributed by atoms with Crippen LogP contribution >= 0.6 is 12.4 Å². The second kappa shape index (κ2) is 6.07. The molecule has 0 bridgehead atoms. The average Bonchev–Trinajstić information content (AvgIpc) is 2.39. The Kier molecular flexibility index (Phi) is 4.75. The summed E-state index contributed by atoms with van der Waals surface area (Å²) >= 11 is 0. The SMILES string of the molecule is COC(=O)c1cc(-c2ccccc2)ccc1N.Cl. The summed E-state index contributed by atoms with van der Waals surface area (Å²) < 4.78 is 4.69. The topological polar surface area (TPSA) is 52.3 Å². The molecule has 0 aliphatic heterocycles. The molecule has 2 aromatic carbocycles. The number of anilines is 1. The van der Waals surface area contributed by atoms with Gasteiger partial charge in [0.2, 0.25) is 0 Å². The van der Waals surface area contributed by atoms with Gasteiger partial charge in [0.1, 0.15) is 0 Å². The lowest BCUT2D eigenvalue weighted by atomic mass is 10.0. The first-order valence-corrected chi connectivity index (χ1v) is 5.25. The van der Waals surface area contributed by atoms with E-state index >= 15 is 0 Å². The number of ether oxygens (including phenoxy) is 1. The number of hydrogen-bond acceptors (Lipinski definition) is 3. The highest BCUT2D eigenvalue weighted by molar-refractivity contribution is 5.96. The fraction of sp³-hybridized carbons (Fsp3) is 0.0714. The quantitative estimate of drug-likeness (QED) is 0.669. The van der Waals surface area contributed by atoms with E-state index < -0.39 is 5.97 Å². The summed E-state index contributed by atoms with van der Waals surface area (Å²) in [6.45, 7) is 0. The van der Waals surface area contributed by atoms with Crippen molar-refractivity contribution in [1.29, 1.82) is 0 Å². The molecule has 0 spiro atoms. The second-order valence-corrected chi connectivity index (χ2v) is 3.66. The minimum absolute atomic E-state index is 0. The molecule has 0 aromatic heterocycles. The molecule has 18 heavy (non-hydrogen) atoms. The Bertz CT molecular complexity index is 541. The molecule has 0 fully saturated rings. The number of carbonyl (C=O) groups excluding carboxylic acids is 1. The van der Waals surface area contributed by atoms with Crippen molar-refractivity contribution in [3.05, 3.63) is 54.1 Å². The van der Waals surface area contributed by atoms with Crippen LogP contribution in [0.2, 0.25) is 0 Å². The Morgan fingerprint density at radius 2 is 1.72 bits per heavy atom. The van der Waals surface area contributed by atoms with Crippen molar-refractivity contribution in [2.75, 3.05) is 12.8 Å². The lowest BCUT2D eigenvalue weighted by Gasteiger charge is -2.07. The van der Waals surface area contributed by atoms with Crippen LogP contribution in [0, 0.1) is 0 Å². The smallest absolute Gasteiger partial charge is 0.339 e. The number of rotatable bonds is 2. The number of nitrogen functional groups attached to an aromatic ring is 1. The molecule has 4 heteroatoms. The van der Waals surface area contributed by atoms with E-state index in [0.29, 0.717) is 11.3 Å². The molecule has 0 radical (unpaired) electrons. The molecule has 2 aromatic rings. The highest BCUT2D eigenvalue weighted by atomic mass is 35.5. The first-order valence-electron chi connectivity index (χ1n) is 5.25. The van der Waals surface area contributed by atoms with E-state index in [1.807, 2.05) is 36.4 Å². The van der Waals surface area contributed by atoms with Crippen molar-refractivity contribution in [1.82, 2.24) is 0 Å². The normalized spacial score (nSPS) is 9.39. The number of carbonyl (C=O) groups is 1. The van der Waals surface area contributed by atoms with Crippen LogP contribution < -0.4 is 5.73 Å². The molecule has 0 aliphatic rings. The van der Waals surface area contributed by atoms with Gasteiger partial charge in [-0.1, -0.05) is 36.4 Å². The number of esters is 1. The zero-order valence-corrected chi connectivity index (χ0v) is 10.7. The highest BCUT2D eigenvalue weighted by Crippen LogP contribution is 2.23. The van der Waals surface area contributed by atoms with Gasteiger partial charge in [0, 0.05) is 5.69 Å². The van der Waals surface area contributed by atoms with E-state index in [-0.39, 0.29) is 12.4 Å². The molecule has 3 nitrogen and oxygen atoms in total. The lowest BCUT2D eigenvalue weighted by molar-refractivity contribution is 0.0602. The number of halogens is 1. The predicted molar refractivity (Wildman–Crippen MR) is 74.9 cm³/mol. The van der Waals surface area contributed by atoms with Gasteiger partial charge in [-0.3, -0.25) is 0 Å². The first-order chi connectivity index (χ1) is 8.22. The van der Waals surface area contributed by atoms with E-state index in [4.69, 9.17) is 5.73 Å². The molecule has 2 rings (SSSR count). The maximum atomic E-state index is 11.5. The fourth-order valence-electron chi connectivity index (χ4n) is 1.65. The summed E-state index contributed by atoms with van der Waals surface area (Å²) in [6, 6.07) is 15.1. The van der Waals surface area contributed by atoms with Crippen LogP contribution in [0.25, 0.3) is 11.1 Å². The van der Waals surface area contributed by atoms with Crippen LogP contribution in [0.15, 0.2) is 48.5 Å². The number of hydrogen-bond donors (Lipinski definition) is 1. The molecule has 0 aliphatic carbocycles. The Morgan fingerprint density at radius 3 is 2.33 bits per heavy atom. The zero-order chi connectivity index (χ0) is 12.3. The van der Waals surface area contributed by atoms with Gasteiger partial charge in [-0.2, -0.15) is 0 Å². The third-order valence-electron chi connectivity index (χ3n) is 2.57. The van der Waals surface area contributed by atoms with E-state index in [1.165, 1.54) is 7.11 Å². The number of nitrogens with two attached hydrogens (primary N) is 1. The van der Waals surface area contributed by atoms with Gasteiger partial charge < -0.3 is 10.5 Å². The van der Waals surface area contributed by atoms with Crippen LogP contribution in [0.4, 0.5) is 5.69 Å². The van der Waals surface area contributed by atoms with Crippen molar-refractivity contribution in [2.45, 2.75) is 0 Å². The van der Waals surface area contributed by atoms with Gasteiger partial charge in [-0.05, 0) is 23.3 Å². The molecular formula is C14H14ClNO2. The van der Waals surface area contributed by atoms with Gasteiger partial charge in [0.15, 0.2) is 0 Å². The summed E-state index contributed by atoms with van der Waals surface area (Å²) in [5, 5.41) is 0. The minimum atomic E-state index is -0.416. The summed E-state index contributed by atoms with van der Waals surface area (Å²) in [7, 11) is 1.34. The molecule has 0 amide bonds. The van der Waals surface area contributed by atoms with Crippen LogP contribution in [0.5, 0.6) is 0 Å². The molecule has 94 valence electrons. The molecule has 0 saturated heterocycles. The average molecular weight is 264 g/mol. The lowest BCUT2D eigenvalue weighted by Crippen LogP contribution is -2.05.